The van der Waals surface area contributed by atoms with Crippen LogP contribution in [0.25, 0.3) is 5.69 Å². The molecule has 5 rings (SSSR count). The van der Waals surface area contributed by atoms with Crippen molar-refractivity contribution in [2.45, 2.75) is 32.2 Å². The van der Waals surface area contributed by atoms with Gasteiger partial charge in [-0.05, 0) is 50.1 Å². The first kappa shape index (κ1) is 17.5. The normalized spacial score (nSPS) is 13.6. The fraction of sp³-hybridized carbons (Fsp3) is 0.227. The van der Waals surface area contributed by atoms with Gasteiger partial charge in [-0.1, -0.05) is 18.2 Å². The van der Waals surface area contributed by atoms with Crippen molar-refractivity contribution in [2.24, 2.45) is 0 Å². The molecule has 0 atom stereocenters. The molecule has 0 saturated heterocycles. The number of rotatable bonds is 6. The molecule has 1 aromatic carbocycles. The molecule has 3 heterocycles. The van der Waals surface area contributed by atoms with Gasteiger partial charge in [-0.2, -0.15) is 10.2 Å². The van der Waals surface area contributed by atoms with Gasteiger partial charge in [0, 0.05) is 12.0 Å². The van der Waals surface area contributed by atoms with Crippen LogP contribution in [0.5, 0.6) is 0 Å². The lowest BCUT2D eigenvalue weighted by atomic mass is 10.2. The fourth-order valence-electron chi connectivity index (χ4n) is 3.37. The molecule has 1 N–H and O–H groups in total. The second-order valence-corrected chi connectivity index (χ2v) is 7.32. The number of aromatic nitrogens is 4. The van der Waals surface area contributed by atoms with Crippen LogP contribution in [-0.4, -0.2) is 25.5 Å². The van der Waals surface area contributed by atoms with E-state index in [2.05, 4.69) is 10.4 Å². The minimum Gasteiger partial charge on any atom is -0.464 e. The Balaban J connectivity index is 1.42. The minimum atomic E-state index is -0.217. The minimum absolute atomic E-state index is 0.217. The van der Waals surface area contributed by atoms with Gasteiger partial charge in [0.25, 0.3) is 5.91 Å². The van der Waals surface area contributed by atoms with Crippen molar-refractivity contribution in [2.75, 3.05) is 5.32 Å². The van der Waals surface area contributed by atoms with E-state index < -0.39 is 0 Å². The highest BCUT2D eigenvalue weighted by Crippen LogP contribution is 2.39. The highest BCUT2D eigenvalue weighted by atomic mass is 16.3. The highest BCUT2D eigenvalue weighted by Gasteiger charge is 2.29. The van der Waals surface area contributed by atoms with E-state index in [9.17, 15) is 4.79 Å². The van der Waals surface area contributed by atoms with Gasteiger partial charge in [-0.25, -0.2) is 9.36 Å². The number of hydrogen-bond donors (Lipinski definition) is 1. The van der Waals surface area contributed by atoms with Crippen LogP contribution in [0.3, 0.4) is 0 Å². The number of furan rings is 1. The molecule has 3 aromatic heterocycles. The maximum Gasteiger partial charge on any atom is 0.275 e. The van der Waals surface area contributed by atoms with Crippen LogP contribution in [0.15, 0.2) is 65.2 Å². The predicted molar refractivity (Wildman–Crippen MR) is 108 cm³/mol. The first-order valence-corrected chi connectivity index (χ1v) is 9.71. The lowest BCUT2D eigenvalue weighted by Gasteiger charge is -2.10. The van der Waals surface area contributed by atoms with Crippen molar-refractivity contribution in [3.05, 3.63) is 83.7 Å². The Morgan fingerprint density at radius 3 is 2.72 bits per heavy atom. The number of aryl methyl sites for hydroxylation is 1. The standard InChI is InChI=1S/C22H21N5O2/c1-15-7-10-18(29-15)14-26-21(11-12-23-26)24-22(28)20-13-19(16-8-9-16)25-27(20)17-5-3-2-4-6-17/h2-7,10-13,16H,8-9,14H2,1H3,(H,24,28). The van der Waals surface area contributed by atoms with Gasteiger partial charge in [0.15, 0.2) is 0 Å². The number of anilines is 1. The molecule has 29 heavy (non-hydrogen) atoms. The van der Waals surface area contributed by atoms with Crippen LogP contribution in [0.2, 0.25) is 0 Å². The molecule has 0 unspecified atom stereocenters. The third-order valence-electron chi connectivity index (χ3n) is 5.02. The number of amides is 1. The van der Waals surface area contributed by atoms with Gasteiger partial charge in [-0.15, -0.1) is 0 Å². The van der Waals surface area contributed by atoms with Crippen molar-refractivity contribution in [3.63, 3.8) is 0 Å². The largest absolute Gasteiger partial charge is 0.464 e. The Labute approximate surface area is 168 Å². The van der Waals surface area contributed by atoms with E-state index >= 15 is 0 Å². The Hall–Kier alpha value is -3.61. The van der Waals surface area contributed by atoms with Gasteiger partial charge in [0.05, 0.1) is 17.6 Å². The molecule has 7 nitrogen and oxygen atoms in total. The molecule has 0 aliphatic heterocycles. The first-order valence-electron chi connectivity index (χ1n) is 9.71. The summed E-state index contributed by atoms with van der Waals surface area (Å²) < 4.78 is 9.06. The monoisotopic (exact) mass is 387 g/mol. The summed E-state index contributed by atoms with van der Waals surface area (Å²) >= 11 is 0. The van der Waals surface area contributed by atoms with Crippen molar-refractivity contribution < 1.29 is 9.21 Å². The molecule has 1 fully saturated rings. The van der Waals surface area contributed by atoms with Gasteiger partial charge in [0.2, 0.25) is 0 Å². The Kier molecular flexibility index (Phi) is 4.27. The highest BCUT2D eigenvalue weighted by molar-refractivity contribution is 6.03. The smallest absolute Gasteiger partial charge is 0.275 e. The zero-order valence-corrected chi connectivity index (χ0v) is 16.1. The molecule has 1 aliphatic carbocycles. The number of para-hydroxylation sites is 1. The van der Waals surface area contributed by atoms with Crippen molar-refractivity contribution in [3.8, 4) is 5.69 Å². The van der Waals surface area contributed by atoms with E-state index in [1.165, 1.54) is 0 Å². The molecule has 1 amide bonds. The van der Waals surface area contributed by atoms with Crippen LogP contribution in [0, 0.1) is 6.92 Å². The summed E-state index contributed by atoms with van der Waals surface area (Å²) in [4.78, 5) is 13.1. The maximum atomic E-state index is 13.1. The van der Waals surface area contributed by atoms with Crippen LogP contribution < -0.4 is 5.32 Å². The van der Waals surface area contributed by atoms with Crippen LogP contribution in [-0.2, 0) is 6.54 Å². The number of benzene rings is 1. The van der Waals surface area contributed by atoms with Crippen LogP contribution in [0.4, 0.5) is 5.82 Å². The Morgan fingerprint density at radius 1 is 1.17 bits per heavy atom. The van der Waals surface area contributed by atoms with Gasteiger partial charge in [-0.3, -0.25) is 4.79 Å². The van der Waals surface area contributed by atoms with Crippen molar-refractivity contribution >= 4 is 11.7 Å². The zero-order chi connectivity index (χ0) is 19.8. The summed E-state index contributed by atoms with van der Waals surface area (Å²) in [5.74, 6) is 2.48. The molecule has 1 aliphatic rings. The predicted octanol–water partition coefficient (Wildman–Crippen LogP) is 4.15. The number of nitrogens with one attached hydrogen (secondary N) is 1. The maximum absolute atomic E-state index is 13.1. The number of carbonyl (C=O) groups is 1. The third kappa shape index (κ3) is 3.59. The van der Waals surface area contributed by atoms with E-state index in [0.717, 1.165) is 35.7 Å². The van der Waals surface area contributed by atoms with Crippen molar-refractivity contribution in [1.82, 2.24) is 19.6 Å². The molecule has 0 radical (unpaired) electrons. The van der Waals surface area contributed by atoms with Gasteiger partial charge in [0.1, 0.15) is 29.6 Å². The molecule has 4 aromatic rings. The van der Waals surface area contributed by atoms with E-state index in [1.54, 1.807) is 21.6 Å². The summed E-state index contributed by atoms with van der Waals surface area (Å²) in [6.07, 6.45) is 3.92. The summed E-state index contributed by atoms with van der Waals surface area (Å²) in [5.41, 5.74) is 2.35. The van der Waals surface area contributed by atoms with Crippen molar-refractivity contribution in [1.29, 1.82) is 0 Å². The quantitative estimate of drug-likeness (QED) is 0.539. The third-order valence-corrected chi connectivity index (χ3v) is 5.02. The lowest BCUT2D eigenvalue weighted by Crippen LogP contribution is -2.19. The zero-order valence-electron chi connectivity index (χ0n) is 16.1. The second-order valence-electron chi connectivity index (χ2n) is 7.32. The number of nitrogens with zero attached hydrogens (tertiary/aromatic N) is 4. The molecular formula is C22H21N5O2. The lowest BCUT2D eigenvalue weighted by molar-refractivity contribution is 0.101. The van der Waals surface area contributed by atoms with E-state index in [4.69, 9.17) is 9.52 Å². The number of carbonyl (C=O) groups excluding carboxylic acids is 1. The second kappa shape index (κ2) is 7.09. The fourth-order valence-corrected chi connectivity index (χ4v) is 3.37. The summed E-state index contributed by atoms with van der Waals surface area (Å²) in [5, 5.41) is 12.0. The Bertz CT molecular complexity index is 1150. The van der Waals surface area contributed by atoms with E-state index in [0.29, 0.717) is 24.0 Å². The average Bonchev–Trinajstić information content (AvgIpc) is 3.13. The molecule has 146 valence electrons. The van der Waals surface area contributed by atoms with Gasteiger partial charge < -0.3 is 9.73 Å². The SMILES string of the molecule is Cc1ccc(Cn2nccc2NC(=O)c2cc(C3CC3)nn2-c2ccccc2)o1. The number of hydrogen-bond acceptors (Lipinski definition) is 4. The summed E-state index contributed by atoms with van der Waals surface area (Å²) in [7, 11) is 0. The van der Waals surface area contributed by atoms with E-state index in [1.807, 2.05) is 55.5 Å². The Morgan fingerprint density at radius 2 is 2.00 bits per heavy atom. The summed E-state index contributed by atoms with van der Waals surface area (Å²) in [6, 6.07) is 17.2. The van der Waals surface area contributed by atoms with Gasteiger partial charge >= 0.3 is 0 Å². The topological polar surface area (TPSA) is 77.9 Å². The first-order chi connectivity index (χ1) is 14.2. The molecule has 7 heteroatoms. The average molecular weight is 387 g/mol. The van der Waals surface area contributed by atoms with Crippen LogP contribution in [0.1, 0.15) is 46.5 Å². The van der Waals surface area contributed by atoms with E-state index in [-0.39, 0.29) is 5.91 Å². The molecular weight excluding hydrogens is 366 g/mol. The van der Waals surface area contributed by atoms with Crippen LogP contribution >= 0.6 is 0 Å². The molecule has 0 spiro atoms. The molecule has 1 saturated carbocycles. The molecule has 0 bridgehead atoms. The summed E-state index contributed by atoms with van der Waals surface area (Å²) in [6.45, 7) is 2.35.